The molecule has 0 aliphatic carbocycles. The summed E-state index contributed by atoms with van der Waals surface area (Å²) in [6.07, 6.45) is 2.35. The first-order chi connectivity index (χ1) is 10.1. The largest absolute Gasteiger partial charge is 0.345 e. The van der Waals surface area contributed by atoms with Gasteiger partial charge in [0.05, 0.1) is 12.1 Å². The number of fused-ring (bicyclic) bond motifs is 1. The van der Waals surface area contributed by atoms with E-state index in [1.807, 2.05) is 30.7 Å². The van der Waals surface area contributed by atoms with E-state index in [0.717, 1.165) is 12.4 Å². The Morgan fingerprint density at radius 2 is 2.04 bits per heavy atom. The first-order valence-electron chi connectivity index (χ1n) is 7.09. The number of nitrogens with one attached hydrogen (secondary N) is 2. The van der Waals surface area contributed by atoms with Gasteiger partial charge < -0.3 is 15.2 Å². The van der Waals surface area contributed by atoms with Crippen LogP contribution in [0.15, 0.2) is 30.6 Å². The lowest BCUT2D eigenvalue weighted by Crippen LogP contribution is -2.48. The van der Waals surface area contributed by atoms with E-state index in [-0.39, 0.29) is 42.8 Å². The summed E-state index contributed by atoms with van der Waals surface area (Å²) in [6.45, 7) is 2.64. The van der Waals surface area contributed by atoms with Crippen molar-refractivity contribution < 1.29 is 4.79 Å². The number of carbonyl (C=O) groups is 1. The number of amides is 1. The van der Waals surface area contributed by atoms with Gasteiger partial charge >= 0.3 is 0 Å². The minimum absolute atomic E-state index is 0. The molecule has 2 N–H and O–H groups in total. The molecule has 2 atom stereocenters. The Bertz CT molecular complexity index is 661. The van der Waals surface area contributed by atoms with Crippen LogP contribution >= 0.6 is 24.8 Å². The first kappa shape index (κ1) is 19.4. The van der Waals surface area contributed by atoms with Gasteiger partial charge in [-0.2, -0.15) is 0 Å². The van der Waals surface area contributed by atoms with Gasteiger partial charge in [-0.3, -0.25) is 4.79 Å². The molecule has 126 valence electrons. The van der Waals surface area contributed by atoms with Gasteiger partial charge in [-0.25, -0.2) is 0 Å². The highest BCUT2D eigenvalue weighted by molar-refractivity contribution is 5.85. The summed E-state index contributed by atoms with van der Waals surface area (Å²) >= 11 is 0. The Hall–Kier alpha value is -1.63. The van der Waals surface area contributed by atoms with E-state index in [9.17, 15) is 4.79 Å². The zero-order valence-corrected chi connectivity index (χ0v) is 14.7. The summed E-state index contributed by atoms with van der Waals surface area (Å²) in [5.41, 5.74) is 2.51. The van der Waals surface area contributed by atoms with Crippen LogP contribution in [0.4, 0.5) is 0 Å². The summed E-state index contributed by atoms with van der Waals surface area (Å²) in [4.78, 5) is 12.4. The van der Waals surface area contributed by atoms with E-state index in [1.54, 1.807) is 6.33 Å². The van der Waals surface area contributed by atoms with Gasteiger partial charge in [0, 0.05) is 13.6 Å². The van der Waals surface area contributed by atoms with Crippen LogP contribution < -0.4 is 10.6 Å². The topological polar surface area (TPSA) is 71.8 Å². The van der Waals surface area contributed by atoms with Crippen molar-refractivity contribution in [2.45, 2.75) is 32.0 Å². The molecule has 1 aliphatic rings. The Morgan fingerprint density at radius 1 is 1.35 bits per heavy atom. The second-order valence-corrected chi connectivity index (χ2v) is 5.44. The van der Waals surface area contributed by atoms with E-state index in [0.29, 0.717) is 6.42 Å². The van der Waals surface area contributed by atoms with Crippen molar-refractivity contribution in [2.75, 3.05) is 0 Å². The van der Waals surface area contributed by atoms with E-state index in [4.69, 9.17) is 0 Å². The van der Waals surface area contributed by atoms with Crippen LogP contribution in [0.5, 0.6) is 0 Å². The van der Waals surface area contributed by atoms with Gasteiger partial charge in [0.25, 0.3) is 0 Å². The highest BCUT2D eigenvalue weighted by atomic mass is 35.5. The van der Waals surface area contributed by atoms with Crippen molar-refractivity contribution >= 4 is 30.7 Å². The van der Waals surface area contributed by atoms with Crippen molar-refractivity contribution in [1.29, 1.82) is 0 Å². The van der Waals surface area contributed by atoms with E-state index in [2.05, 4.69) is 33.0 Å². The van der Waals surface area contributed by atoms with Gasteiger partial charge in [-0.15, -0.1) is 35.0 Å². The first-order valence-corrected chi connectivity index (χ1v) is 7.09. The second kappa shape index (κ2) is 8.29. The number of nitrogens with zero attached hydrogens (tertiary/aromatic N) is 3. The SMILES string of the molecule is CC(NC(=O)C1Cc2ccccc2CN1)c1nncn1C.Cl.Cl. The quantitative estimate of drug-likeness (QED) is 0.873. The third-order valence-corrected chi connectivity index (χ3v) is 3.89. The molecule has 0 bridgehead atoms. The molecule has 2 heterocycles. The summed E-state index contributed by atoms with van der Waals surface area (Å²) in [5.74, 6) is 0.750. The summed E-state index contributed by atoms with van der Waals surface area (Å²) < 4.78 is 1.81. The molecule has 1 amide bonds. The van der Waals surface area contributed by atoms with Crippen molar-refractivity contribution in [2.24, 2.45) is 7.05 Å². The number of benzene rings is 1. The molecule has 23 heavy (non-hydrogen) atoms. The smallest absolute Gasteiger partial charge is 0.238 e. The molecule has 2 unspecified atom stereocenters. The fourth-order valence-corrected chi connectivity index (χ4v) is 2.70. The highest BCUT2D eigenvalue weighted by Crippen LogP contribution is 2.17. The van der Waals surface area contributed by atoms with Gasteiger partial charge in [0.1, 0.15) is 6.33 Å². The van der Waals surface area contributed by atoms with Crippen molar-refractivity contribution in [3.05, 3.63) is 47.5 Å². The lowest BCUT2D eigenvalue weighted by atomic mass is 9.95. The summed E-state index contributed by atoms with van der Waals surface area (Å²) in [6, 6.07) is 7.86. The fraction of sp³-hybridized carbons (Fsp3) is 0.400. The van der Waals surface area contributed by atoms with Crippen LogP contribution in [0.25, 0.3) is 0 Å². The number of halogens is 2. The Labute approximate surface area is 147 Å². The van der Waals surface area contributed by atoms with Crippen molar-refractivity contribution in [1.82, 2.24) is 25.4 Å². The average molecular weight is 358 g/mol. The fourth-order valence-electron chi connectivity index (χ4n) is 2.70. The normalized spacial score (nSPS) is 17.2. The van der Waals surface area contributed by atoms with Crippen LogP contribution in [0.1, 0.15) is 29.9 Å². The molecule has 0 fully saturated rings. The van der Waals surface area contributed by atoms with Crippen LogP contribution in [-0.4, -0.2) is 26.7 Å². The third kappa shape index (κ3) is 4.22. The minimum Gasteiger partial charge on any atom is -0.345 e. The standard InChI is InChI=1S/C15H19N5O.2ClH/c1-10(14-19-17-9-20(14)2)18-15(21)13-7-11-5-3-4-6-12(11)8-16-13;;/h3-6,9-10,13,16H,7-8H2,1-2H3,(H,18,21);2*1H. The highest BCUT2D eigenvalue weighted by Gasteiger charge is 2.25. The van der Waals surface area contributed by atoms with E-state index >= 15 is 0 Å². The molecule has 3 rings (SSSR count). The number of carbonyl (C=O) groups excluding carboxylic acids is 1. The average Bonchev–Trinajstić information content (AvgIpc) is 2.93. The van der Waals surface area contributed by atoms with Gasteiger partial charge in [-0.05, 0) is 24.5 Å². The van der Waals surface area contributed by atoms with Crippen LogP contribution in [0.2, 0.25) is 0 Å². The lowest BCUT2D eigenvalue weighted by Gasteiger charge is -2.26. The predicted octanol–water partition coefficient (Wildman–Crippen LogP) is 1.55. The molecule has 1 aromatic heterocycles. The van der Waals surface area contributed by atoms with Crippen LogP contribution in [0.3, 0.4) is 0 Å². The van der Waals surface area contributed by atoms with Gasteiger partial charge in [0.15, 0.2) is 5.82 Å². The molecule has 2 aromatic rings. The summed E-state index contributed by atoms with van der Waals surface area (Å²) in [7, 11) is 1.87. The number of aromatic nitrogens is 3. The zero-order valence-electron chi connectivity index (χ0n) is 13.0. The Balaban J connectivity index is 0.00000132. The van der Waals surface area contributed by atoms with Crippen LogP contribution in [-0.2, 0) is 24.8 Å². The molecule has 0 spiro atoms. The predicted molar refractivity (Wildman–Crippen MR) is 92.8 cm³/mol. The maximum absolute atomic E-state index is 12.4. The molecular weight excluding hydrogens is 337 g/mol. The maximum atomic E-state index is 12.4. The molecule has 0 saturated heterocycles. The minimum atomic E-state index is -0.199. The molecule has 1 aliphatic heterocycles. The van der Waals surface area contributed by atoms with E-state index < -0.39 is 0 Å². The lowest BCUT2D eigenvalue weighted by molar-refractivity contribution is -0.124. The van der Waals surface area contributed by atoms with Gasteiger partial charge in [-0.1, -0.05) is 24.3 Å². The Kier molecular flexibility index (Phi) is 7.00. The zero-order chi connectivity index (χ0) is 14.8. The van der Waals surface area contributed by atoms with Gasteiger partial charge in [0.2, 0.25) is 5.91 Å². The monoisotopic (exact) mass is 357 g/mol. The molecule has 8 heteroatoms. The number of aryl methyl sites for hydroxylation is 1. The maximum Gasteiger partial charge on any atom is 0.238 e. The number of rotatable bonds is 3. The molecule has 0 saturated carbocycles. The van der Waals surface area contributed by atoms with E-state index in [1.165, 1.54) is 11.1 Å². The molecule has 0 radical (unpaired) electrons. The van der Waals surface area contributed by atoms with Crippen molar-refractivity contribution in [3.8, 4) is 0 Å². The van der Waals surface area contributed by atoms with Crippen molar-refractivity contribution in [3.63, 3.8) is 0 Å². The molecule has 1 aromatic carbocycles. The number of hydrogen-bond acceptors (Lipinski definition) is 4. The van der Waals surface area contributed by atoms with Crippen LogP contribution in [0, 0.1) is 0 Å². The Morgan fingerprint density at radius 3 is 2.70 bits per heavy atom. The number of hydrogen-bond donors (Lipinski definition) is 2. The molecular formula is C15H21Cl2N5O. The summed E-state index contributed by atoms with van der Waals surface area (Å²) in [5, 5.41) is 14.2. The third-order valence-electron chi connectivity index (χ3n) is 3.89. The second-order valence-electron chi connectivity index (χ2n) is 5.44. The molecule has 6 nitrogen and oxygen atoms in total.